The van der Waals surface area contributed by atoms with Gasteiger partial charge in [-0.1, -0.05) is 0 Å². The van der Waals surface area contributed by atoms with Crippen LogP contribution in [0.3, 0.4) is 0 Å². The predicted molar refractivity (Wildman–Crippen MR) is 60.9 cm³/mol. The van der Waals surface area contributed by atoms with Crippen molar-refractivity contribution in [1.82, 2.24) is 14.9 Å². The summed E-state index contributed by atoms with van der Waals surface area (Å²) in [5.74, 6) is -2.26. The van der Waals surface area contributed by atoms with E-state index in [1.807, 2.05) is 0 Å². The minimum atomic E-state index is -1.16. The smallest absolute Gasteiger partial charge is 0.328 e. The van der Waals surface area contributed by atoms with E-state index in [1.165, 1.54) is 7.11 Å². The van der Waals surface area contributed by atoms with E-state index < -0.39 is 35.5 Å². The van der Waals surface area contributed by atoms with E-state index in [2.05, 4.69) is 10.1 Å². The first-order valence-corrected chi connectivity index (χ1v) is 5.27. The molecule has 104 valence electrons. The number of H-pyrrole nitrogens is 1. The van der Waals surface area contributed by atoms with Crippen LogP contribution in [0.5, 0.6) is 0 Å². The first kappa shape index (κ1) is 14.6. The van der Waals surface area contributed by atoms with E-state index in [-0.39, 0.29) is 13.0 Å². The molecule has 1 rings (SSSR count). The molecule has 19 heavy (non-hydrogen) atoms. The van der Waals surface area contributed by atoms with Crippen LogP contribution in [0.15, 0.2) is 15.8 Å². The number of hydrogen-bond donors (Lipinski definition) is 2. The van der Waals surface area contributed by atoms with Crippen LogP contribution in [0.2, 0.25) is 0 Å². The number of amides is 1. The highest BCUT2D eigenvalue weighted by Gasteiger charge is 2.08. The second kappa shape index (κ2) is 6.47. The van der Waals surface area contributed by atoms with Crippen LogP contribution in [0.4, 0.5) is 4.39 Å². The number of ether oxygens (including phenoxy) is 1. The minimum absolute atomic E-state index is 0.0167. The average molecular weight is 273 g/mol. The second-order valence-electron chi connectivity index (χ2n) is 3.54. The van der Waals surface area contributed by atoms with Gasteiger partial charge in [0.1, 0.15) is 6.54 Å². The Morgan fingerprint density at radius 2 is 2.16 bits per heavy atom. The third-order valence-corrected chi connectivity index (χ3v) is 2.16. The van der Waals surface area contributed by atoms with Gasteiger partial charge in [0.25, 0.3) is 5.56 Å². The maximum atomic E-state index is 12.9. The molecular formula is C10H12FN3O5. The van der Waals surface area contributed by atoms with Crippen LogP contribution in [0, 0.1) is 5.82 Å². The standard InChI is InChI=1S/C10H12FN3O5/c1-19-8(16)2-3-12-7(15)5-14-4-6(11)9(17)13-10(14)18/h4H,2-3,5H2,1H3,(H,12,15)(H,13,17,18). The Kier molecular flexibility index (Phi) is 4.98. The monoisotopic (exact) mass is 273 g/mol. The van der Waals surface area contributed by atoms with Crippen LogP contribution < -0.4 is 16.6 Å². The van der Waals surface area contributed by atoms with Crippen molar-refractivity contribution >= 4 is 11.9 Å². The van der Waals surface area contributed by atoms with E-state index in [4.69, 9.17) is 0 Å². The number of carbonyl (C=O) groups is 2. The second-order valence-corrected chi connectivity index (χ2v) is 3.54. The van der Waals surface area contributed by atoms with Gasteiger partial charge in [0.15, 0.2) is 0 Å². The van der Waals surface area contributed by atoms with Crippen molar-refractivity contribution in [2.45, 2.75) is 13.0 Å². The molecule has 0 radical (unpaired) electrons. The van der Waals surface area contributed by atoms with Gasteiger partial charge in [-0.05, 0) is 0 Å². The molecule has 0 bridgehead atoms. The number of esters is 1. The van der Waals surface area contributed by atoms with Gasteiger partial charge in [0.05, 0.1) is 19.7 Å². The van der Waals surface area contributed by atoms with E-state index >= 15 is 0 Å². The number of nitrogens with zero attached hydrogens (tertiary/aromatic N) is 1. The highest BCUT2D eigenvalue weighted by molar-refractivity contribution is 5.76. The molecule has 2 N–H and O–H groups in total. The Bertz CT molecular complexity index is 592. The first-order chi connectivity index (χ1) is 8.93. The molecule has 0 atom stereocenters. The summed E-state index contributed by atoms with van der Waals surface area (Å²) >= 11 is 0. The molecule has 0 spiro atoms. The summed E-state index contributed by atoms with van der Waals surface area (Å²) < 4.78 is 18.0. The van der Waals surface area contributed by atoms with Gasteiger partial charge < -0.3 is 10.1 Å². The molecule has 0 fully saturated rings. The van der Waals surface area contributed by atoms with Crippen molar-refractivity contribution in [2.75, 3.05) is 13.7 Å². The number of carbonyl (C=O) groups excluding carboxylic acids is 2. The van der Waals surface area contributed by atoms with Crippen molar-refractivity contribution < 1.29 is 18.7 Å². The summed E-state index contributed by atoms with van der Waals surface area (Å²) in [7, 11) is 1.22. The number of aromatic amines is 1. The number of hydrogen-bond acceptors (Lipinski definition) is 5. The lowest BCUT2D eigenvalue weighted by atomic mass is 10.4. The van der Waals surface area contributed by atoms with E-state index in [1.54, 1.807) is 4.98 Å². The molecule has 8 nitrogen and oxygen atoms in total. The molecular weight excluding hydrogens is 261 g/mol. The fourth-order valence-electron chi connectivity index (χ4n) is 1.22. The quantitative estimate of drug-likeness (QED) is 0.625. The summed E-state index contributed by atoms with van der Waals surface area (Å²) in [6, 6.07) is 0. The Morgan fingerprint density at radius 1 is 1.47 bits per heavy atom. The molecule has 0 saturated heterocycles. The van der Waals surface area contributed by atoms with Crippen molar-refractivity contribution in [3.63, 3.8) is 0 Å². The molecule has 1 heterocycles. The summed E-state index contributed by atoms with van der Waals surface area (Å²) in [5, 5.41) is 2.34. The Hall–Kier alpha value is -2.45. The van der Waals surface area contributed by atoms with E-state index in [0.717, 1.165) is 0 Å². The summed E-state index contributed by atoms with van der Waals surface area (Å²) in [4.78, 5) is 45.9. The fourth-order valence-corrected chi connectivity index (χ4v) is 1.22. The van der Waals surface area contributed by atoms with Gasteiger partial charge in [-0.15, -0.1) is 0 Å². The Labute approximate surface area is 106 Å². The fraction of sp³-hybridized carbons (Fsp3) is 0.400. The van der Waals surface area contributed by atoms with Gasteiger partial charge in [0.2, 0.25) is 11.7 Å². The lowest BCUT2D eigenvalue weighted by Gasteiger charge is -2.06. The lowest BCUT2D eigenvalue weighted by molar-refractivity contribution is -0.140. The maximum absolute atomic E-state index is 12.9. The Balaban J connectivity index is 2.58. The molecule has 1 aromatic heterocycles. The number of halogens is 1. The number of rotatable bonds is 5. The predicted octanol–water partition coefficient (Wildman–Crippen LogP) is -1.64. The molecule has 0 unspecified atom stereocenters. The number of methoxy groups -OCH3 is 1. The van der Waals surface area contributed by atoms with Gasteiger partial charge in [-0.3, -0.25) is 23.9 Å². The zero-order chi connectivity index (χ0) is 14.4. The summed E-state index contributed by atoms with van der Waals surface area (Å²) in [6.45, 7) is -0.431. The van der Waals surface area contributed by atoms with Crippen molar-refractivity contribution in [2.24, 2.45) is 0 Å². The maximum Gasteiger partial charge on any atom is 0.328 e. The van der Waals surface area contributed by atoms with Crippen LogP contribution in [-0.2, 0) is 20.9 Å². The van der Waals surface area contributed by atoms with Gasteiger partial charge >= 0.3 is 11.7 Å². The molecule has 0 aliphatic rings. The Morgan fingerprint density at radius 3 is 2.79 bits per heavy atom. The topological polar surface area (TPSA) is 110 Å². The van der Waals surface area contributed by atoms with Crippen molar-refractivity contribution in [3.8, 4) is 0 Å². The van der Waals surface area contributed by atoms with E-state index in [9.17, 15) is 23.6 Å². The van der Waals surface area contributed by atoms with Gasteiger partial charge in [0, 0.05) is 6.54 Å². The third-order valence-electron chi connectivity index (χ3n) is 2.16. The summed E-state index contributed by atoms with van der Waals surface area (Å²) in [6.07, 6.45) is 0.623. The first-order valence-electron chi connectivity index (χ1n) is 5.27. The van der Waals surface area contributed by atoms with Crippen LogP contribution in [0.1, 0.15) is 6.42 Å². The van der Waals surface area contributed by atoms with Crippen LogP contribution >= 0.6 is 0 Å². The molecule has 0 aromatic carbocycles. The van der Waals surface area contributed by atoms with Crippen molar-refractivity contribution in [1.29, 1.82) is 0 Å². The molecule has 1 aromatic rings. The average Bonchev–Trinajstić information content (AvgIpc) is 2.35. The molecule has 0 aliphatic carbocycles. The highest BCUT2D eigenvalue weighted by atomic mass is 19.1. The van der Waals surface area contributed by atoms with Crippen LogP contribution in [-0.4, -0.2) is 35.1 Å². The summed E-state index contributed by atoms with van der Waals surface area (Å²) in [5.41, 5.74) is -2.04. The molecule has 1 amide bonds. The van der Waals surface area contributed by atoms with Crippen LogP contribution in [0.25, 0.3) is 0 Å². The highest BCUT2D eigenvalue weighted by Crippen LogP contribution is 1.86. The van der Waals surface area contributed by atoms with Gasteiger partial charge in [-0.25, -0.2) is 4.79 Å². The number of nitrogens with one attached hydrogen (secondary N) is 2. The SMILES string of the molecule is COC(=O)CCNC(=O)Cn1cc(F)c(=O)[nH]c1=O. The largest absolute Gasteiger partial charge is 0.469 e. The van der Waals surface area contributed by atoms with Crippen molar-refractivity contribution in [3.05, 3.63) is 32.9 Å². The zero-order valence-electron chi connectivity index (χ0n) is 10.1. The van der Waals surface area contributed by atoms with Gasteiger partial charge in [-0.2, -0.15) is 4.39 Å². The molecule has 0 aliphatic heterocycles. The molecule has 9 heteroatoms. The lowest BCUT2D eigenvalue weighted by Crippen LogP contribution is -2.37. The normalized spacial score (nSPS) is 10.0. The molecule has 0 saturated carbocycles. The zero-order valence-corrected chi connectivity index (χ0v) is 10.1. The third kappa shape index (κ3) is 4.37. The van der Waals surface area contributed by atoms with E-state index in [0.29, 0.717) is 10.8 Å². The number of aromatic nitrogens is 2. The minimum Gasteiger partial charge on any atom is -0.469 e.